The van der Waals surface area contributed by atoms with Gasteiger partial charge in [-0.3, -0.25) is 9.36 Å². The first-order valence-corrected chi connectivity index (χ1v) is 10.7. The van der Waals surface area contributed by atoms with Crippen LogP contribution in [-0.2, 0) is 16.8 Å². The molecule has 4 rings (SSSR count). The second kappa shape index (κ2) is 7.97. The van der Waals surface area contributed by atoms with Gasteiger partial charge in [0.1, 0.15) is 9.24 Å². The molecule has 1 atom stereocenters. The quantitative estimate of drug-likeness (QED) is 0.313. The van der Waals surface area contributed by atoms with Gasteiger partial charge in [-0.25, -0.2) is 9.88 Å². The van der Waals surface area contributed by atoms with Crippen molar-refractivity contribution in [2.24, 2.45) is 0 Å². The number of halogens is 4. The predicted octanol–water partition coefficient (Wildman–Crippen LogP) is 6.83. The van der Waals surface area contributed by atoms with Crippen LogP contribution >= 0.6 is 61.7 Å². The van der Waals surface area contributed by atoms with Gasteiger partial charge in [0, 0.05) is 20.9 Å². The monoisotopic (exact) mass is 591 g/mol. The lowest BCUT2D eigenvalue weighted by Gasteiger charge is -2.26. The van der Waals surface area contributed by atoms with Gasteiger partial charge in [-0.1, -0.05) is 58.7 Å². The Kier molecular flexibility index (Phi) is 6.15. The Balaban J connectivity index is 0.00000225. The van der Waals surface area contributed by atoms with E-state index in [4.69, 9.17) is 23.2 Å². The van der Waals surface area contributed by atoms with Crippen LogP contribution in [0.15, 0.2) is 53.1 Å². The lowest BCUT2D eigenvalue weighted by molar-refractivity contribution is -0.124. The van der Waals surface area contributed by atoms with Crippen molar-refractivity contribution in [3.8, 4) is 0 Å². The van der Waals surface area contributed by atoms with Crippen LogP contribution in [0.1, 0.15) is 19.9 Å². The van der Waals surface area contributed by atoms with Crippen molar-refractivity contribution in [2.75, 3.05) is 4.90 Å². The van der Waals surface area contributed by atoms with Gasteiger partial charge in [0.15, 0.2) is 0 Å². The summed E-state index contributed by atoms with van der Waals surface area (Å²) in [7, 11) is 0. The van der Waals surface area contributed by atoms with Crippen LogP contribution in [0.4, 0.5) is 11.6 Å². The summed E-state index contributed by atoms with van der Waals surface area (Å²) in [5.74, 6) is 0.507. The molecule has 1 aliphatic rings. The van der Waals surface area contributed by atoms with Crippen molar-refractivity contribution in [1.82, 2.24) is 9.55 Å². The third kappa shape index (κ3) is 3.60. The first-order valence-electron chi connectivity index (χ1n) is 8.08. The van der Waals surface area contributed by atoms with Gasteiger partial charge in [-0.05, 0) is 65.4 Å². The maximum Gasteiger partial charge on any atom is 0.260 e. The van der Waals surface area contributed by atoms with E-state index in [1.165, 1.54) is 0 Å². The Morgan fingerprint density at radius 1 is 1.14 bits per heavy atom. The highest BCUT2D eigenvalue weighted by Gasteiger charge is 2.50. The summed E-state index contributed by atoms with van der Waals surface area (Å²) in [4.78, 5) is 19.6. The zero-order chi connectivity index (χ0) is 19.3. The average molecular weight is 593 g/mol. The molecule has 0 radical (unpaired) electrons. The zero-order valence-electron chi connectivity index (χ0n) is 14.1. The molecule has 0 N–H and O–H groups in total. The molecule has 3 aromatic rings. The summed E-state index contributed by atoms with van der Waals surface area (Å²) in [5, 5.41) is 0.944. The fourth-order valence-corrected chi connectivity index (χ4v) is 5.09. The third-order valence-corrected chi connectivity index (χ3v) is 6.35. The molecule has 0 saturated heterocycles. The van der Waals surface area contributed by atoms with Crippen molar-refractivity contribution >= 4 is 79.3 Å². The standard InChI is InChI=1S/C19H13BrCl2IN3O.CH4/c1-19(9-11-2-4-12(20)5-3-11)17(27)25(18-24-10-16(23)26(18)19)15-7-13(21)6-14(22)8-15;/h2-8,10H,9H2,1H3;1H4/t19-;/m1./s1. The zero-order valence-corrected chi connectivity index (χ0v) is 19.3. The number of nitrogens with zero attached hydrogens (tertiary/aromatic N) is 3. The Morgan fingerprint density at radius 2 is 1.75 bits per heavy atom. The summed E-state index contributed by atoms with van der Waals surface area (Å²) >= 11 is 18.0. The first-order chi connectivity index (χ1) is 12.8. The number of carbonyl (C=O) groups is 1. The van der Waals surface area contributed by atoms with E-state index in [1.807, 2.05) is 35.8 Å². The average Bonchev–Trinajstić information content (AvgIpc) is 3.07. The minimum atomic E-state index is -0.801. The lowest BCUT2D eigenvalue weighted by atomic mass is 9.92. The Bertz CT molecular complexity index is 1030. The SMILES string of the molecule is C.C[C@@]1(Cc2ccc(Br)cc2)C(=O)N(c2cc(Cl)cc(Cl)c2)c2ncc(I)n21. The molecule has 1 aliphatic heterocycles. The van der Waals surface area contributed by atoms with Gasteiger partial charge >= 0.3 is 0 Å². The second-order valence-electron chi connectivity index (χ2n) is 6.56. The number of hydrogen-bond donors (Lipinski definition) is 0. The molecule has 0 fully saturated rings. The Morgan fingerprint density at radius 3 is 2.36 bits per heavy atom. The molecule has 4 nitrogen and oxygen atoms in total. The Labute approximate surface area is 196 Å². The second-order valence-corrected chi connectivity index (χ2v) is 9.46. The maximum atomic E-state index is 13.6. The van der Waals surface area contributed by atoms with E-state index < -0.39 is 5.54 Å². The number of fused-ring (bicyclic) bond motifs is 1. The Hall–Kier alpha value is -1.09. The fourth-order valence-electron chi connectivity index (χ4n) is 3.42. The molecular weight excluding hydrogens is 576 g/mol. The van der Waals surface area contributed by atoms with Crippen LogP contribution < -0.4 is 4.90 Å². The van der Waals surface area contributed by atoms with E-state index >= 15 is 0 Å². The third-order valence-electron chi connectivity index (χ3n) is 4.62. The maximum absolute atomic E-state index is 13.6. The molecule has 8 heteroatoms. The first kappa shape index (κ1) is 21.6. The van der Waals surface area contributed by atoms with E-state index in [1.54, 1.807) is 29.3 Å². The molecule has 0 bridgehead atoms. The lowest BCUT2D eigenvalue weighted by Crippen LogP contribution is -2.41. The van der Waals surface area contributed by atoms with E-state index in [0.29, 0.717) is 28.1 Å². The fraction of sp³-hybridized carbons (Fsp3) is 0.200. The van der Waals surface area contributed by atoms with E-state index in [9.17, 15) is 4.79 Å². The number of hydrogen-bond acceptors (Lipinski definition) is 2. The van der Waals surface area contributed by atoms with E-state index in [-0.39, 0.29) is 13.3 Å². The number of carbonyl (C=O) groups excluding carboxylic acids is 1. The van der Waals surface area contributed by atoms with Crippen molar-refractivity contribution in [3.63, 3.8) is 0 Å². The summed E-state index contributed by atoms with van der Waals surface area (Å²) in [5.41, 5.74) is 0.876. The van der Waals surface area contributed by atoms with Gasteiger partial charge in [0.05, 0.1) is 11.9 Å². The van der Waals surface area contributed by atoms with Crippen molar-refractivity contribution in [2.45, 2.75) is 26.3 Å². The van der Waals surface area contributed by atoms with E-state index in [2.05, 4.69) is 43.5 Å². The van der Waals surface area contributed by atoms with E-state index in [0.717, 1.165) is 13.7 Å². The topological polar surface area (TPSA) is 38.1 Å². The van der Waals surface area contributed by atoms with Crippen LogP contribution in [0.5, 0.6) is 0 Å². The number of anilines is 2. The summed E-state index contributed by atoms with van der Waals surface area (Å²) in [6.07, 6.45) is 2.31. The molecule has 0 unspecified atom stereocenters. The number of aromatic nitrogens is 2. The molecule has 2 aromatic carbocycles. The molecule has 1 aromatic heterocycles. The number of amides is 1. The van der Waals surface area contributed by atoms with Crippen LogP contribution in [0, 0.1) is 3.70 Å². The number of imidazole rings is 1. The smallest absolute Gasteiger partial charge is 0.260 e. The number of benzene rings is 2. The predicted molar refractivity (Wildman–Crippen MR) is 127 cm³/mol. The van der Waals surface area contributed by atoms with Gasteiger partial charge in [0.25, 0.3) is 5.91 Å². The molecule has 28 heavy (non-hydrogen) atoms. The van der Waals surface area contributed by atoms with Gasteiger partial charge in [-0.2, -0.15) is 0 Å². The molecule has 0 spiro atoms. The molecule has 2 heterocycles. The summed E-state index contributed by atoms with van der Waals surface area (Å²) in [6.45, 7) is 1.94. The minimum absolute atomic E-state index is 0. The summed E-state index contributed by atoms with van der Waals surface area (Å²) < 4.78 is 3.88. The summed E-state index contributed by atoms with van der Waals surface area (Å²) in [6, 6.07) is 13.1. The number of rotatable bonds is 3. The van der Waals surface area contributed by atoms with Crippen LogP contribution in [0.2, 0.25) is 10.0 Å². The minimum Gasteiger partial charge on any atom is -0.289 e. The molecular formula is C20H17BrCl2IN3O. The van der Waals surface area contributed by atoms with Gasteiger partial charge < -0.3 is 0 Å². The molecule has 146 valence electrons. The molecule has 0 saturated carbocycles. The van der Waals surface area contributed by atoms with Crippen LogP contribution in [0.3, 0.4) is 0 Å². The highest BCUT2D eigenvalue weighted by Crippen LogP contribution is 2.43. The van der Waals surface area contributed by atoms with Crippen LogP contribution in [-0.4, -0.2) is 15.5 Å². The normalized spacial score (nSPS) is 18.2. The van der Waals surface area contributed by atoms with Crippen molar-refractivity contribution < 1.29 is 4.79 Å². The van der Waals surface area contributed by atoms with Crippen LogP contribution in [0.25, 0.3) is 0 Å². The molecule has 1 amide bonds. The van der Waals surface area contributed by atoms with Crippen molar-refractivity contribution in [3.05, 3.63) is 72.4 Å². The van der Waals surface area contributed by atoms with Gasteiger partial charge in [-0.15, -0.1) is 0 Å². The largest absolute Gasteiger partial charge is 0.289 e. The highest BCUT2D eigenvalue weighted by molar-refractivity contribution is 14.1. The molecule has 0 aliphatic carbocycles. The van der Waals surface area contributed by atoms with Gasteiger partial charge in [0.2, 0.25) is 5.95 Å². The highest BCUT2D eigenvalue weighted by atomic mass is 127. The van der Waals surface area contributed by atoms with Crippen molar-refractivity contribution in [1.29, 1.82) is 0 Å².